The average molecular weight is 592 g/mol. The van der Waals surface area contributed by atoms with Crippen LogP contribution in [0.5, 0.6) is 5.75 Å². The SMILES string of the molecule is CC(C)OC(=O)[C@H](C)N[P@](=O)(Oc1ccccc1)OC(C)(C)[C@H]1O[C@@H](n2ccc(=O)[nH]c2=O)[C@@](Cl)(CF)C1O. The maximum absolute atomic E-state index is 14.3. The van der Waals surface area contributed by atoms with Crippen LogP contribution in [0.15, 0.2) is 52.2 Å². The Balaban J connectivity index is 1.96. The number of rotatable bonds is 11. The zero-order chi connectivity index (χ0) is 29.2. The molecule has 1 saturated heterocycles. The Hall–Kier alpha value is -2.54. The van der Waals surface area contributed by atoms with Gasteiger partial charge in [-0.2, -0.15) is 5.09 Å². The predicted molar refractivity (Wildman–Crippen MR) is 139 cm³/mol. The van der Waals surface area contributed by atoms with Crippen LogP contribution in [-0.2, 0) is 23.4 Å². The van der Waals surface area contributed by atoms with E-state index in [4.69, 9.17) is 30.1 Å². The van der Waals surface area contributed by atoms with E-state index in [2.05, 4.69) is 5.09 Å². The van der Waals surface area contributed by atoms with Crippen LogP contribution < -0.4 is 20.9 Å². The third kappa shape index (κ3) is 6.97. The summed E-state index contributed by atoms with van der Waals surface area (Å²) in [6.07, 6.45) is -4.24. The number of benzene rings is 1. The van der Waals surface area contributed by atoms with Gasteiger partial charge in [0.1, 0.15) is 41.1 Å². The Labute approximate surface area is 229 Å². The zero-order valence-corrected chi connectivity index (χ0v) is 23.6. The molecule has 1 unspecified atom stereocenters. The number of halogens is 2. The topological polar surface area (TPSA) is 158 Å². The van der Waals surface area contributed by atoms with Gasteiger partial charge >= 0.3 is 19.4 Å². The number of nitrogens with one attached hydrogen (secondary N) is 2. The fraction of sp³-hybridized carbons (Fsp3) is 0.542. The highest BCUT2D eigenvalue weighted by molar-refractivity contribution is 7.52. The molecule has 216 valence electrons. The van der Waals surface area contributed by atoms with Crippen LogP contribution in [0.2, 0.25) is 0 Å². The summed E-state index contributed by atoms with van der Waals surface area (Å²) in [5.74, 6) is -0.593. The molecule has 3 N–H and O–H groups in total. The monoisotopic (exact) mass is 591 g/mol. The molecule has 0 saturated carbocycles. The molecule has 2 aromatic rings. The van der Waals surface area contributed by atoms with E-state index in [0.29, 0.717) is 0 Å². The van der Waals surface area contributed by atoms with Gasteiger partial charge in [-0.25, -0.2) is 13.8 Å². The minimum absolute atomic E-state index is 0.134. The van der Waals surface area contributed by atoms with E-state index in [-0.39, 0.29) is 5.75 Å². The molecule has 15 heteroatoms. The van der Waals surface area contributed by atoms with Gasteiger partial charge in [0.2, 0.25) is 0 Å². The fourth-order valence-electron chi connectivity index (χ4n) is 4.00. The second kappa shape index (κ2) is 11.9. The molecular formula is C24H32ClFN3O9P. The number of para-hydroxylation sites is 1. The van der Waals surface area contributed by atoms with E-state index < -0.39 is 72.7 Å². The lowest BCUT2D eigenvalue weighted by atomic mass is 9.91. The second-order valence-corrected chi connectivity index (χ2v) is 12.2. The van der Waals surface area contributed by atoms with Crippen LogP contribution in [-0.4, -0.2) is 62.1 Å². The molecular weight excluding hydrogens is 560 g/mol. The molecule has 0 radical (unpaired) electrons. The number of aliphatic hydroxyl groups is 1. The summed E-state index contributed by atoms with van der Waals surface area (Å²) in [5.41, 5.74) is -3.38. The molecule has 2 heterocycles. The van der Waals surface area contributed by atoms with Gasteiger partial charge in [0.15, 0.2) is 6.23 Å². The van der Waals surface area contributed by atoms with Crippen molar-refractivity contribution in [3.05, 3.63) is 63.4 Å². The third-order valence-corrected chi connectivity index (χ3v) is 8.22. The summed E-state index contributed by atoms with van der Waals surface area (Å²) in [4.78, 5) is 36.2. The molecule has 1 aromatic carbocycles. The molecule has 0 spiro atoms. The fourth-order valence-corrected chi connectivity index (χ4v) is 6.12. The molecule has 0 amide bonds. The first-order valence-electron chi connectivity index (χ1n) is 12.1. The number of ether oxygens (including phenoxy) is 2. The minimum atomic E-state index is -4.45. The van der Waals surface area contributed by atoms with Crippen molar-refractivity contribution in [2.24, 2.45) is 0 Å². The van der Waals surface area contributed by atoms with Gasteiger partial charge in [0.25, 0.3) is 5.56 Å². The van der Waals surface area contributed by atoms with Gasteiger partial charge < -0.3 is 19.1 Å². The second-order valence-electron chi connectivity index (χ2n) is 9.86. The Morgan fingerprint density at radius 3 is 2.49 bits per heavy atom. The number of hydrogen-bond acceptors (Lipinski definition) is 9. The molecule has 6 atom stereocenters. The van der Waals surface area contributed by atoms with Crippen molar-refractivity contribution in [2.75, 3.05) is 6.67 Å². The Bertz CT molecular complexity index is 1320. The molecule has 0 bridgehead atoms. The van der Waals surface area contributed by atoms with Gasteiger partial charge in [-0.1, -0.05) is 18.2 Å². The number of H-pyrrole nitrogens is 1. The molecule has 1 aliphatic heterocycles. The lowest BCUT2D eigenvalue weighted by Crippen LogP contribution is -2.51. The third-order valence-electron chi connectivity index (χ3n) is 5.84. The first-order chi connectivity index (χ1) is 18.1. The van der Waals surface area contributed by atoms with Crippen LogP contribution in [0.25, 0.3) is 0 Å². The molecule has 39 heavy (non-hydrogen) atoms. The number of carbonyl (C=O) groups is 1. The molecule has 1 aromatic heterocycles. The van der Waals surface area contributed by atoms with Crippen molar-refractivity contribution in [1.82, 2.24) is 14.6 Å². The zero-order valence-electron chi connectivity index (χ0n) is 22.0. The van der Waals surface area contributed by atoms with Gasteiger partial charge in [0.05, 0.1) is 6.10 Å². The van der Waals surface area contributed by atoms with Crippen molar-refractivity contribution in [1.29, 1.82) is 0 Å². The van der Waals surface area contributed by atoms with E-state index in [1.807, 2.05) is 4.98 Å². The summed E-state index contributed by atoms with van der Waals surface area (Å²) >= 11 is 6.46. The quantitative estimate of drug-likeness (QED) is 0.201. The van der Waals surface area contributed by atoms with Crippen LogP contribution in [0.3, 0.4) is 0 Å². The Morgan fingerprint density at radius 1 is 1.28 bits per heavy atom. The van der Waals surface area contributed by atoms with Gasteiger partial charge in [0, 0.05) is 12.3 Å². The summed E-state index contributed by atoms with van der Waals surface area (Å²) in [6.45, 7) is 6.12. The van der Waals surface area contributed by atoms with Crippen molar-refractivity contribution >= 4 is 25.3 Å². The number of aromatic amines is 1. The van der Waals surface area contributed by atoms with E-state index in [1.165, 1.54) is 32.9 Å². The van der Waals surface area contributed by atoms with Crippen molar-refractivity contribution in [3.63, 3.8) is 0 Å². The minimum Gasteiger partial charge on any atom is -0.462 e. The maximum Gasteiger partial charge on any atom is 0.460 e. The number of aliphatic hydroxyl groups excluding tert-OH is 1. The lowest BCUT2D eigenvalue weighted by Gasteiger charge is -2.36. The largest absolute Gasteiger partial charge is 0.462 e. The van der Waals surface area contributed by atoms with Crippen LogP contribution in [0.1, 0.15) is 40.8 Å². The van der Waals surface area contributed by atoms with E-state index in [9.17, 15) is 28.4 Å². The lowest BCUT2D eigenvalue weighted by molar-refractivity contribution is -0.149. The average Bonchev–Trinajstić information content (AvgIpc) is 3.10. The highest BCUT2D eigenvalue weighted by Gasteiger charge is 2.62. The Kier molecular flexibility index (Phi) is 9.47. The molecule has 1 aliphatic rings. The smallest absolute Gasteiger partial charge is 0.460 e. The number of nitrogens with zero attached hydrogens (tertiary/aromatic N) is 1. The highest BCUT2D eigenvalue weighted by Crippen LogP contribution is 2.53. The number of esters is 1. The first-order valence-corrected chi connectivity index (χ1v) is 14.0. The van der Waals surface area contributed by atoms with Crippen molar-refractivity contribution in [2.45, 2.75) is 75.7 Å². The van der Waals surface area contributed by atoms with Crippen molar-refractivity contribution < 1.29 is 37.4 Å². The maximum atomic E-state index is 14.3. The molecule has 0 aliphatic carbocycles. The van der Waals surface area contributed by atoms with E-state index >= 15 is 0 Å². The number of carbonyl (C=O) groups excluding carboxylic acids is 1. The van der Waals surface area contributed by atoms with Crippen molar-refractivity contribution in [3.8, 4) is 5.75 Å². The molecule has 3 rings (SSSR count). The van der Waals surface area contributed by atoms with Gasteiger partial charge in [-0.05, 0) is 46.8 Å². The number of aromatic nitrogens is 2. The Morgan fingerprint density at radius 2 is 1.92 bits per heavy atom. The first kappa shape index (κ1) is 31.0. The summed E-state index contributed by atoms with van der Waals surface area (Å²) in [6, 6.07) is 7.82. The number of alkyl halides is 2. The van der Waals surface area contributed by atoms with E-state index in [1.54, 1.807) is 32.0 Å². The van der Waals surface area contributed by atoms with E-state index in [0.717, 1.165) is 16.8 Å². The van der Waals surface area contributed by atoms with Gasteiger partial charge in [-0.3, -0.25) is 23.7 Å². The molecule has 1 fully saturated rings. The normalized spacial score (nSPS) is 25.7. The summed E-state index contributed by atoms with van der Waals surface area (Å²) in [5, 5.41) is 13.6. The summed E-state index contributed by atoms with van der Waals surface area (Å²) < 4.78 is 51.7. The predicted octanol–water partition coefficient (Wildman–Crippen LogP) is 2.65. The van der Waals surface area contributed by atoms with Crippen LogP contribution in [0, 0.1) is 0 Å². The number of hydrogen-bond donors (Lipinski definition) is 3. The highest BCUT2D eigenvalue weighted by atomic mass is 35.5. The molecule has 12 nitrogen and oxygen atoms in total. The standard InChI is InChI=1S/C24H32ClFN3O9P/c1-14(2)35-20(32)15(3)28-39(34,37-16-9-7-6-8-10-16)38-23(4,5)19-18(31)24(25,13-26)21(36-19)29-12-11-17(30)27-22(29)33/h6-12,14-15,18-19,21,31H,13H2,1-5H3,(H,28,34)(H,27,30,33)/t15-,18?,19-,21+,24+,39-/m0/s1. The van der Waals surface area contributed by atoms with Gasteiger partial charge in [-0.15, -0.1) is 11.6 Å². The van der Waals surface area contributed by atoms with Crippen LogP contribution >= 0.6 is 19.3 Å². The summed E-state index contributed by atoms with van der Waals surface area (Å²) in [7, 11) is -4.45. The van der Waals surface area contributed by atoms with Crippen LogP contribution in [0.4, 0.5) is 4.39 Å².